The van der Waals surface area contributed by atoms with Gasteiger partial charge in [-0.25, -0.2) is 4.39 Å². The molecule has 0 aliphatic rings. The first-order chi connectivity index (χ1) is 12.5. The summed E-state index contributed by atoms with van der Waals surface area (Å²) in [4.78, 5) is 16.6. The lowest BCUT2D eigenvalue weighted by atomic mass is 10.1. The van der Waals surface area contributed by atoms with Gasteiger partial charge in [-0.05, 0) is 48.0 Å². The number of hydrogen-bond acceptors (Lipinski definition) is 5. The molecule has 0 N–H and O–H groups in total. The van der Waals surface area contributed by atoms with Gasteiger partial charge in [-0.3, -0.25) is 9.78 Å². The summed E-state index contributed by atoms with van der Waals surface area (Å²) >= 11 is 3.32. The van der Waals surface area contributed by atoms with Crippen molar-refractivity contribution in [2.24, 2.45) is 0 Å². The lowest BCUT2D eigenvalue weighted by molar-refractivity contribution is -0.147. The Morgan fingerprint density at radius 2 is 2.08 bits per heavy atom. The lowest BCUT2D eigenvalue weighted by Crippen LogP contribution is -2.13. The molecule has 26 heavy (non-hydrogen) atoms. The normalized spacial score (nSPS) is 12.0. The number of pyridine rings is 1. The van der Waals surface area contributed by atoms with E-state index in [0.29, 0.717) is 28.3 Å². The monoisotopic (exact) mass is 418 g/mol. The molecule has 2 heterocycles. The Morgan fingerprint density at radius 1 is 1.31 bits per heavy atom. The van der Waals surface area contributed by atoms with Gasteiger partial charge in [0.15, 0.2) is 5.76 Å². The second-order valence-corrected chi connectivity index (χ2v) is 6.68. The Labute approximate surface area is 158 Å². The third kappa shape index (κ3) is 3.99. The number of hydrogen-bond donors (Lipinski definition) is 0. The molecule has 5 nitrogen and oxygen atoms in total. The number of aryl methyl sites for hydroxylation is 1. The molecule has 0 aliphatic heterocycles. The van der Waals surface area contributed by atoms with Gasteiger partial charge >= 0.3 is 5.97 Å². The maximum absolute atomic E-state index is 13.8. The zero-order valence-electron chi connectivity index (χ0n) is 14.2. The highest BCUT2D eigenvalue weighted by molar-refractivity contribution is 9.10. The molecule has 7 heteroatoms. The zero-order chi connectivity index (χ0) is 18.7. The standard InChI is InChI=1S/C19H16BrFN2O3/c1-11-15(19(26-23-11)17-8-7-13(20)10-22-17)9-18(24)25-12(2)14-5-3-4-6-16(14)21/h3-8,10,12H,9H2,1-2H3/t12-/m1/s1. The molecule has 0 unspecified atom stereocenters. The Bertz CT molecular complexity index is 925. The smallest absolute Gasteiger partial charge is 0.311 e. The van der Waals surface area contributed by atoms with Gasteiger partial charge in [-0.2, -0.15) is 0 Å². The van der Waals surface area contributed by atoms with E-state index >= 15 is 0 Å². The van der Waals surface area contributed by atoms with Crippen LogP contribution in [0.15, 0.2) is 51.6 Å². The van der Waals surface area contributed by atoms with E-state index in [1.807, 2.05) is 6.07 Å². The summed E-state index contributed by atoms with van der Waals surface area (Å²) < 4.78 is 25.4. The van der Waals surface area contributed by atoms with Gasteiger partial charge < -0.3 is 9.26 Å². The minimum Gasteiger partial charge on any atom is -0.457 e. The Kier molecular flexibility index (Phi) is 5.46. The molecule has 3 aromatic rings. The molecule has 2 aromatic heterocycles. The van der Waals surface area contributed by atoms with Gasteiger partial charge in [0.05, 0.1) is 12.1 Å². The van der Waals surface area contributed by atoms with Crippen molar-refractivity contribution in [3.63, 3.8) is 0 Å². The topological polar surface area (TPSA) is 65.2 Å². The van der Waals surface area contributed by atoms with Crippen molar-refractivity contribution < 1.29 is 18.4 Å². The third-order valence-electron chi connectivity index (χ3n) is 3.92. The molecule has 0 fully saturated rings. The van der Waals surface area contributed by atoms with Crippen LogP contribution in [0.5, 0.6) is 0 Å². The highest BCUT2D eigenvalue weighted by atomic mass is 79.9. The minimum absolute atomic E-state index is 0.0405. The van der Waals surface area contributed by atoms with Crippen molar-refractivity contribution in [2.45, 2.75) is 26.4 Å². The predicted octanol–water partition coefficient (Wildman–Crippen LogP) is 4.79. The van der Waals surface area contributed by atoms with E-state index in [1.54, 1.807) is 44.3 Å². The number of ether oxygens (including phenoxy) is 1. The number of carbonyl (C=O) groups excluding carboxylic acids is 1. The minimum atomic E-state index is -0.696. The van der Waals surface area contributed by atoms with Gasteiger partial charge in [0, 0.05) is 21.8 Å². The number of carbonyl (C=O) groups is 1. The lowest BCUT2D eigenvalue weighted by Gasteiger charge is -2.14. The average molecular weight is 419 g/mol. The van der Waals surface area contributed by atoms with Crippen LogP contribution in [0.1, 0.15) is 29.8 Å². The fourth-order valence-electron chi connectivity index (χ4n) is 2.56. The van der Waals surface area contributed by atoms with Gasteiger partial charge in [-0.15, -0.1) is 0 Å². The van der Waals surface area contributed by atoms with Crippen molar-refractivity contribution >= 4 is 21.9 Å². The van der Waals surface area contributed by atoms with Crippen LogP contribution in [0.25, 0.3) is 11.5 Å². The maximum atomic E-state index is 13.8. The SMILES string of the molecule is Cc1noc(-c2ccc(Br)cn2)c1CC(=O)O[C@H](C)c1ccccc1F. The van der Waals surface area contributed by atoms with E-state index in [0.717, 1.165) is 4.47 Å². The van der Waals surface area contributed by atoms with Crippen molar-refractivity contribution in [1.29, 1.82) is 0 Å². The van der Waals surface area contributed by atoms with Gasteiger partial charge in [0.1, 0.15) is 17.6 Å². The summed E-state index contributed by atoms with van der Waals surface area (Å²) in [6.07, 6.45) is 0.898. The first kappa shape index (κ1) is 18.3. The van der Waals surface area contributed by atoms with E-state index in [4.69, 9.17) is 9.26 Å². The summed E-state index contributed by atoms with van der Waals surface area (Å²) in [5.74, 6) is -0.482. The molecule has 0 spiro atoms. The molecule has 0 radical (unpaired) electrons. The van der Waals surface area contributed by atoms with Crippen molar-refractivity contribution in [3.05, 3.63) is 69.7 Å². The van der Waals surface area contributed by atoms with Gasteiger partial charge in [0.25, 0.3) is 0 Å². The van der Waals surface area contributed by atoms with Crippen molar-refractivity contribution in [3.8, 4) is 11.5 Å². The summed E-state index contributed by atoms with van der Waals surface area (Å²) in [5.41, 5.74) is 2.09. The predicted molar refractivity (Wildman–Crippen MR) is 96.8 cm³/mol. The number of halogens is 2. The maximum Gasteiger partial charge on any atom is 0.311 e. The number of aromatic nitrogens is 2. The van der Waals surface area contributed by atoms with Crippen LogP contribution in [0.2, 0.25) is 0 Å². The summed E-state index contributed by atoms with van der Waals surface area (Å²) in [5, 5.41) is 3.93. The molecule has 1 atom stereocenters. The number of benzene rings is 1. The van der Waals surface area contributed by atoms with Crippen LogP contribution in [0, 0.1) is 12.7 Å². The van der Waals surface area contributed by atoms with Crippen LogP contribution in [-0.4, -0.2) is 16.1 Å². The molecular formula is C19H16BrFN2O3. The van der Waals surface area contributed by atoms with E-state index in [9.17, 15) is 9.18 Å². The highest BCUT2D eigenvalue weighted by Crippen LogP contribution is 2.27. The fourth-order valence-corrected chi connectivity index (χ4v) is 2.79. The summed E-state index contributed by atoms with van der Waals surface area (Å²) in [6, 6.07) is 9.80. The molecule has 134 valence electrons. The van der Waals surface area contributed by atoms with Crippen LogP contribution >= 0.6 is 15.9 Å². The molecule has 1 aromatic carbocycles. The van der Waals surface area contributed by atoms with E-state index in [2.05, 4.69) is 26.1 Å². The molecule has 0 aliphatic carbocycles. The van der Waals surface area contributed by atoms with E-state index in [-0.39, 0.29) is 6.42 Å². The Balaban J connectivity index is 1.77. The second-order valence-electron chi connectivity index (χ2n) is 5.77. The second kappa shape index (κ2) is 7.78. The highest BCUT2D eigenvalue weighted by Gasteiger charge is 2.22. The molecule has 0 bridgehead atoms. The van der Waals surface area contributed by atoms with E-state index < -0.39 is 17.9 Å². The molecule has 0 amide bonds. The average Bonchev–Trinajstić information content (AvgIpc) is 2.96. The Morgan fingerprint density at radius 3 is 2.77 bits per heavy atom. The number of esters is 1. The first-order valence-corrected chi connectivity index (χ1v) is 8.76. The number of rotatable bonds is 5. The van der Waals surface area contributed by atoms with Crippen molar-refractivity contribution in [2.75, 3.05) is 0 Å². The molecule has 3 rings (SSSR count). The van der Waals surface area contributed by atoms with Crippen LogP contribution < -0.4 is 0 Å². The molecule has 0 saturated carbocycles. The van der Waals surface area contributed by atoms with Crippen LogP contribution in [0.3, 0.4) is 0 Å². The zero-order valence-corrected chi connectivity index (χ0v) is 15.8. The van der Waals surface area contributed by atoms with Gasteiger partial charge in [-0.1, -0.05) is 23.4 Å². The number of nitrogens with zero attached hydrogens (tertiary/aromatic N) is 2. The van der Waals surface area contributed by atoms with Gasteiger partial charge in [0.2, 0.25) is 0 Å². The third-order valence-corrected chi connectivity index (χ3v) is 4.39. The molecular weight excluding hydrogens is 403 g/mol. The summed E-state index contributed by atoms with van der Waals surface area (Å²) in [6.45, 7) is 3.38. The first-order valence-electron chi connectivity index (χ1n) is 7.96. The fraction of sp³-hybridized carbons (Fsp3) is 0.211. The van der Waals surface area contributed by atoms with Crippen LogP contribution in [0.4, 0.5) is 4.39 Å². The largest absolute Gasteiger partial charge is 0.457 e. The molecule has 0 saturated heterocycles. The summed E-state index contributed by atoms with van der Waals surface area (Å²) in [7, 11) is 0. The van der Waals surface area contributed by atoms with Crippen LogP contribution in [-0.2, 0) is 16.0 Å². The quantitative estimate of drug-likeness (QED) is 0.557. The van der Waals surface area contributed by atoms with Crippen molar-refractivity contribution in [1.82, 2.24) is 10.1 Å². The van der Waals surface area contributed by atoms with E-state index in [1.165, 1.54) is 6.07 Å². The Hall–Kier alpha value is -2.54.